The number of nitrogens with one attached hydrogen (secondary N) is 1. The van der Waals surface area contributed by atoms with Crippen LogP contribution >= 0.6 is 0 Å². The molecule has 1 aliphatic rings. The fraction of sp³-hybridized carbons (Fsp3) is 0.632. The average molecular weight is 318 g/mol. The minimum Gasteiger partial charge on any atom is -0.379 e. The number of likely N-dealkylation sites (tertiary alicyclic amines) is 1. The third-order valence-electron chi connectivity index (χ3n) is 4.35. The van der Waals surface area contributed by atoms with Crippen molar-refractivity contribution in [3.63, 3.8) is 0 Å². The maximum atomic E-state index is 12.6. The molecule has 2 N–H and O–H groups in total. The molecule has 0 aliphatic carbocycles. The molecule has 4 nitrogen and oxygen atoms in total. The van der Waals surface area contributed by atoms with E-state index in [1.807, 2.05) is 43.9 Å². The number of aryl methyl sites for hydroxylation is 1. The van der Waals surface area contributed by atoms with Gasteiger partial charge in [-0.1, -0.05) is 30.3 Å². The average Bonchev–Trinajstić information content (AvgIpc) is 2.50. The Morgan fingerprint density at radius 2 is 1.96 bits per heavy atom. The van der Waals surface area contributed by atoms with Crippen molar-refractivity contribution in [2.75, 3.05) is 19.6 Å². The topological polar surface area (TPSA) is 52.6 Å². The highest BCUT2D eigenvalue weighted by Crippen LogP contribution is 2.23. The molecule has 1 heterocycles. The molecule has 128 valence electrons. The van der Waals surface area contributed by atoms with Crippen molar-refractivity contribution in [2.45, 2.75) is 57.6 Å². The largest absolute Gasteiger partial charge is 0.379 e. The van der Waals surface area contributed by atoms with E-state index in [2.05, 4.69) is 17.4 Å². The Morgan fingerprint density at radius 3 is 2.61 bits per heavy atom. The van der Waals surface area contributed by atoms with Gasteiger partial charge in [-0.15, -0.1) is 0 Å². The van der Waals surface area contributed by atoms with Crippen molar-refractivity contribution in [1.82, 2.24) is 10.2 Å². The van der Waals surface area contributed by atoms with Gasteiger partial charge in [-0.25, -0.2) is 0 Å². The summed E-state index contributed by atoms with van der Waals surface area (Å²) >= 11 is 0. The van der Waals surface area contributed by atoms with Gasteiger partial charge >= 0.3 is 0 Å². The van der Waals surface area contributed by atoms with E-state index in [0.717, 1.165) is 25.8 Å². The van der Waals surface area contributed by atoms with Gasteiger partial charge in [0.15, 0.2) is 5.60 Å². The van der Waals surface area contributed by atoms with Crippen LogP contribution < -0.4 is 5.32 Å². The van der Waals surface area contributed by atoms with Crippen molar-refractivity contribution < 1.29 is 9.90 Å². The number of carbonyl (C=O) groups is 1. The first-order chi connectivity index (χ1) is 10.8. The van der Waals surface area contributed by atoms with E-state index >= 15 is 0 Å². The van der Waals surface area contributed by atoms with Crippen LogP contribution in [-0.2, 0) is 11.2 Å². The second kappa shape index (κ2) is 7.45. The van der Waals surface area contributed by atoms with Crippen LogP contribution in [0.2, 0.25) is 0 Å². The Morgan fingerprint density at radius 1 is 1.26 bits per heavy atom. The third kappa shape index (κ3) is 5.33. The van der Waals surface area contributed by atoms with Gasteiger partial charge in [0, 0.05) is 25.2 Å². The van der Waals surface area contributed by atoms with E-state index < -0.39 is 5.60 Å². The molecule has 2 rings (SSSR count). The van der Waals surface area contributed by atoms with Gasteiger partial charge in [0.1, 0.15) is 0 Å². The summed E-state index contributed by atoms with van der Waals surface area (Å²) in [5.41, 5.74) is -0.0641. The number of hydrogen-bond acceptors (Lipinski definition) is 3. The van der Waals surface area contributed by atoms with Gasteiger partial charge in [0.25, 0.3) is 5.91 Å². The number of β-amino-alcohol motifs (C(OH)–C–C–N with tert-alkyl or cyclic N) is 1. The molecule has 1 unspecified atom stereocenters. The van der Waals surface area contributed by atoms with Crippen LogP contribution in [-0.4, -0.2) is 46.7 Å². The number of carbonyl (C=O) groups excluding carboxylic acids is 1. The van der Waals surface area contributed by atoms with Crippen molar-refractivity contribution in [2.24, 2.45) is 0 Å². The van der Waals surface area contributed by atoms with Crippen LogP contribution in [0, 0.1) is 0 Å². The van der Waals surface area contributed by atoms with Crippen LogP contribution in [0.4, 0.5) is 0 Å². The lowest BCUT2D eigenvalue weighted by atomic mass is 9.90. The van der Waals surface area contributed by atoms with E-state index in [1.54, 1.807) is 0 Å². The van der Waals surface area contributed by atoms with E-state index in [9.17, 15) is 9.90 Å². The zero-order chi connectivity index (χ0) is 16.9. The maximum Gasteiger partial charge on any atom is 0.255 e. The van der Waals surface area contributed by atoms with Gasteiger partial charge in [0.05, 0.1) is 0 Å². The molecule has 0 spiro atoms. The van der Waals surface area contributed by atoms with Gasteiger partial charge in [-0.2, -0.15) is 0 Å². The van der Waals surface area contributed by atoms with Gasteiger partial charge < -0.3 is 15.3 Å². The Kier molecular flexibility index (Phi) is 5.82. The molecule has 0 radical (unpaired) electrons. The van der Waals surface area contributed by atoms with Crippen LogP contribution in [0.3, 0.4) is 0 Å². The fourth-order valence-electron chi connectivity index (χ4n) is 2.97. The predicted octanol–water partition coefficient (Wildman–Crippen LogP) is 2.36. The monoisotopic (exact) mass is 318 g/mol. The second-order valence-electron chi connectivity index (χ2n) is 7.62. The summed E-state index contributed by atoms with van der Waals surface area (Å²) in [5.74, 6) is -0.117. The number of piperidine rings is 1. The summed E-state index contributed by atoms with van der Waals surface area (Å²) in [7, 11) is 0. The minimum absolute atomic E-state index is 0.106. The lowest BCUT2D eigenvalue weighted by Crippen LogP contribution is -2.60. The molecule has 1 aliphatic heterocycles. The summed E-state index contributed by atoms with van der Waals surface area (Å²) in [6.07, 6.45) is 3.30. The Bertz CT molecular complexity index is 510. The molecular formula is C19H30N2O2. The van der Waals surface area contributed by atoms with E-state index in [4.69, 9.17) is 0 Å². The minimum atomic E-state index is -1.25. The zero-order valence-electron chi connectivity index (χ0n) is 14.6. The van der Waals surface area contributed by atoms with E-state index in [-0.39, 0.29) is 11.4 Å². The van der Waals surface area contributed by atoms with Crippen molar-refractivity contribution in [1.29, 1.82) is 0 Å². The molecule has 0 bridgehead atoms. The summed E-state index contributed by atoms with van der Waals surface area (Å²) in [6, 6.07) is 10.3. The summed E-state index contributed by atoms with van der Waals surface area (Å²) in [5, 5.41) is 14.0. The first-order valence-corrected chi connectivity index (χ1v) is 8.61. The van der Waals surface area contributed by atoms with Crippen molar-refractivity contribution >= 4 is 5.91 Å². The molecule has 0 saturated carbocycles. The first kappa shape index (κ1) is 18.0. The quantitative estimate of drug-likeness (QED) is 0.846. The van der Waals surface area contributed by atoms with Crippen LogP contribution in [0.1, 0.15) is 45.6 Å². The van der Waals surface area contributed by atoms with Crippen molar-refractivity contribution in [3.8, 4) is 0 Å². The fourth-order valence-corrected chi connectivity index (χ4v) is 2.97. The molecule has 0 aromatic heterocycles. The normalized spacial score (nSPS) is 22.4. The third-order valence-corrected chi connectivity index (χ3v) is 4.35. The van der Waals surface area contributed by atoms with Gasteiger partial charge in [0.2, 0.25) is 0 Å². The number of hydrogen-bond donors (Lipinski definition) is 2. The smallest absolute Gasteiger partial charge is 0.255 e. The molecule has 23 heavy (non-hydrogen) atoms. The van der Waals surface area contributed by atoms with Gasteiger partial charge in [-0.05, 0) is 52.0 Å². The summed E-state index contributed by atoms with van der Waals surface area (Å²) in [6.45, 7) is 7.92. The number of benzene rings is 1. The SMILES string of the molecule is CC(C)(C)NCC1(O)CCCN(CCCc2ccccc2)C1=O. The van der Waals surface area contributed by atoms with E-state index in [0.29, 0.717) is 19.5 Å². The van der Waals surface area contributed by atoms with Crippen LogP contribution in [0.5, 0.6) is 0 Å². The Balaban J connectivity index is 1.86. The zero-order valence-corrected chi connectivity index (χ0v) is 14.6. The molecule has 1 fully saturated rings. The highest BCUT2D eigenvalue weighted by atomic mass is 16.3. The predicted molar refractivity (Wildman–Crippen MR) is 93.3 cm³/mol. The van der Waals surface area contributed by atoms with Crippen LogP contribution in [0.25, 0.3) is 0 Å². The molecule has 4 heteroatoms. The molecule has 1 aromatic carbocycles. The highest BCUT2D eigenvalue weighted by molar-refractivity contribution is 5.86. The lowest BCUT2D eigenvalue weighted by molar-refractivity contribution is -0.156. The lowest BCUT2D eigenvalue weighted by Gasteiger charge is -2.39. The Labute approximate surface area is 139 Å². The number of nitrogens with zero attached hydrogens (tertiary/aromatic N) is 1. The van der Waals surface area contributed by atoms with Crippen molar-refractivity contribution in [3.05, 3.63) is 35.9 Å². The molecule has 1 atom stereocenters. The second-order valence-corrected chi connectivity index (χ2v) is 7.62. The first-order valence-electron chi connectivity index (χ1n) is 8.61. The number of rotatable bonds is 6. The standard InChI is InChI=1S/C19H30N2O2/c1-18(2,3)20-15-19(23)12-8-14-21(17(19)22)13-7-11-16-9-5-4-6-10-16/h4-6,9-10,20,23H,7-8,11-15H2,1-3H3. The van der Waals surface area contributed by atoms with E-state index in [1.165, 1.54) is 5.56 Å². The molecule has 1 aromatic rings. The maximum absolute atomic E-state index is 12.6. The molecule has 1 amide bonds. The number of aliphatic hydroxyl groups is 1. The molecule has 1 saturated heterocycles. The van der Waals surface area contributed by atoms with Crippen LogP contribution in [0.15, 0.2) is 30.3 Å². The Hall–Kier alpha value is -1.39. The summed E-state index contributed by atoms with van der Waals surface area (Å²) < 4.78 is 0. The highest BCUT2D eigenvalue weighted by Gasteiger charge is 2.42. The molecular weight excluding hydrogens is 288 g/mol. The summed E-state index contributed by atoms with van der Waals surface area (Å²) in [4.78, 5) is 14.5. The van der Waals surface area contributed by atoms with Gasteiger partial charge in [-0.3, -0.25) is 4.79 Å². The number of amides is 1.